The average molecular weight is 346 g/mol. The van der Waals surface area contributed by atoms with Crippen molar-refractivity contribution < 1.29 is 13.2 Å². The van der Waals surface area contributed by atoms with Gasteiger partial charge in [-0.15, -0.1) is 12.4 Å². The highest BCUT2D eigenvalue weighted by Crippen LogP contribution is 2.31. The molecule has 0 saturated carbocycles. The Hall–Kier alpha value is -1.31. The number of fused-ring (bicyclic) bond motifs is 1. The SMILES string of the molecule is Cl.Nc1cccc2c1CCCN2C(=O)CN1CCCS1(=O)=O. The summed E-state index contributed by atoms with van der Waals surface area (Å²) in [5, 5.41) is 0. The molecule has 8 heteroatoms. The maximum Gasteiger partial charge on any atom is 0.242 e. The van der Waals surface area contributed by atoms with Crippen molar-refractivity contribution >= 4 is 39.7 Å². The van der Waals surface area contributed by atoms with E-state index in [0.717, 1.165) is 24.1 Å². The normalized spacial score (nSPS) is 20.3. The fraction of sp³-hybridized carbons (Fsp3) is 0.500. The summed E-state index contributed by atoms with van der Waals surface area (Å²) in [5.41, 5.74) is 8.47. The summed E-state index contributed by atoms with van der Waals surface area (Å²) in [7, 11) is -3.25. The van der Waals surface area contributed by atoms with Gasteiger partial charge >= 0.3 is 0 Å². The van der Waals surface area contributed by atoms with Crippen LogP contribution >= 0.6 is 12.4 Å². The number of benzene rings is 1. The minimum Gasteiger partial charge on any atom is -0.398 e. The Morgan fingerprint density at radius 1 is 1.23 bits per heavy atom. The van der Waals surface area contributed by atoms with E-state index in [1.807, 2.05) is 18.2 Å². The first-order valence-corrected chi connectivity index (χ1v) is 8.75. The quantitative estimate of drug-likeness (QED) is 0.811. The van der Waals surface area contributed by atoms with Gasteiger partial charge in [-0.25, -0.2) is 8.42 Å². The molecule has 2 aliphatic heterocycles. The molecule has 0 unspecified atom stereocenters. The van der Waals surface area contributed by atoms with Crippen LogP contribution < -0.4 is 10.6 Å². The van der Waals surface area contributed by atoms with Gasteiger partial charge in [0.25, 0.3) is 0 Å². The minimum atomic E-state index is -3.25. The molecule has 0 aromatic heterocycles. The molecular formula is C14H20ClN3O3S. The van der Waals surface area contributed by atoms with E-state index >= 15 is 0 Å². The molecule has 2 heterocycles. The summed E-state index contributed by atoms with van der Waals surface area (Å²) < 4.78 is 24.9. The zero-order chi connectivity index (χ0) is 15.0. The van der Waals surface area contributed by atoms with Crippen LogP contribution in [-0.2, 0) is 21.2 Å². The fourth-order valence-electron chi connectivity index (χ4n) is 3.02. The number of halogens is 1. The summed E-state index contributed by atoms with van der Waals surface area (Å²) in [6, 6.07) is 5.53. The van der Waals surface area contributed by atoms with E-state index in [9.17, 15) is 13.2 Å². The third-order valence-electron chi connectivity index (χ3n) is 4.10. The highest BCUT2D eigenvalue weighted by atomic mass is 35.5. The molecule has 2 N–H and O–H groups in total. The Balaban J connectivity index is 0.00000176. The van der Waals surface area contributed by atoms with Crippen molar-refractivity contribution in [1.29, 1.82) is 0 Å². The Morgan fingerprint density at radius 2 is 2.00 bits per heavy atom. The molecule has 3 rings (SSSR count). The predicted molar refractivity (Wildman–Crippen MR) is 88.8 cm³/mol. The molecule has 0 radical (unpaired) electrons. The van der Waals surface area contributed by atoms with Crippen LogP contribution in [0.3, 0.4) is 0 Å². The second-order valence-electron chi connectivity index (χ2n) is 5.50. The Kier molecular flexibility index (Phi) is 4.99. The first kappa shape index (κ1) is 17.1. The molecule has 1 saturated heterocycles. The van der Waals surface area contributed by atoms with Crippen LogP contribution in [0.5, 0.6) is 0 Å². The van der Waals surface area contributed by atoms with Gasteiger partial charge in [-0.3, -0.25) is 4.79 Å². The summed E-state index contributed by atoms with van der Waals surface area (Å²) in [5.74, 6) is -0.0314. The molecule has 2 aliphatic rings. The molecule has 1 aromatic carbocycles. The molecule has 0 aliphatic carbocycles. The number of amides is 1. The summed E-state index contributed by atoms with van der Waals surface area (Å²) in [6.07, 6.45) is 2.30. The number of hydrogen-bond acceptors (Lipinski definition) is 4. The second-order valence-corrected chi connectivity index (χ2v) is 7.59. The van der Waals surface area contributed by atoms with E-state index < -0.39 is 10.0 Å². The van der Waals surface area contributed by atoms with Crippen molar-refractivity contribution in [3.05, 3.63) is 23.8 Å². The van der Waals surface area contributed by atoms with Gasteiger partial charge in [-0.05, 0) is 37.0 Å². The molecule has 22 heavy (non-hydrogen) atoms. The Labute approximate surface area is 136 Å². The van der Waals surface area contributed by atoms with Crippen LogP contribution in [0.25, 0.3) is 0 Å². The summed E-state index contributed by atoms with van der Waals surface area (Å²) in [4.78, 5) is 14.2. The van der Waals surface area contributed by atoms with Crippen LogP contribution in [0.2, 0.25) is 0 Å². The maximum atomic E-state index is 12.5. The molecule has 0 atom stereocenters. The predicted octanol–water partition coefficient (Wildman–Crippen LogP) is 1.01. The van der Waals surface area contributed by atoms with Gasteiger partial charge in [0.15, 0.2) is 0 Å². The summed E-state index contributed by atoms with van der Waals surface area (Å²) >= 11 is 0. The lowest BCUT2D eigenvalue weighted by Gasteiger charge is -2.31. The number of hydrogen-bond donors (Lipinski definition) is 1. The van der Waals surface area contributed by atoms with E-state index in [0.29, 0.717) is 25.2 Å². The van der Waals surface area contributed by atoms with Crippen LogP contribution in [0.4, 0.5) is 11.4 Å². The van der Waals surface area contributed by atoms with Gasteiger partial charge in [0.2, 0.25) is 15.9 Å². The van der Waals surface area contributed by atoms with Gasteiger partial charge in [-0.2, -0.15) is 4.31 Å². The molecule has 1 aromatic rings. The zero-order valence-electron chi connectivity index (χ0n) is 12.2. The van der Waals surface area contributed by atoms with Crippen LogP contribution in [-0.4, -0.2) is 44.0 Å². The Bertz CT molecular complexity index is 678. The largest absolute Gasteiger partial charge is 0.398 e. The third-order valence-corrected chi connectivity index (χ3v) is 6.01. The maximum absolute atomic E-state index is 12.5. The Morgan fingerprint density at radius 3 is 2.68 bits per heavy atom. The van der Waals surface area contributed by atoms with E-state index in [1.165, 1.54) is 4.31 Å². The average Bonchev–Trinajstić information content (AvgIpc) is 2.78. The number of nitrogens with two attached hydrogens (primary N) is 1. The number of anilines is 2. The van der Waals surface area contributed by atoms with Crippen molar-refractivity contribution in [2.24, 2.45) is 0 Å². The van der Waals surface area contributed by atoms with E-state index in [-0.39, 0.29) is 30.6 Å². The van der Waals surface area contributed by atoms with Crippen LogP contribution in [0.15, 0.2) is 18.2 Å². The molecule has 1 amide bonds. The van der Waals surface area contributed by atoms with Gasteiger partial charge in [0.1, 0.15) is 0 Å². The number of nitrogen functional groups attached to an aromatic ring is 1. The number of carbonyl (C=O) groups is 1. The standard InChI is InChI=1S/C14H19N3O3S.ClH/c15-12-5-1-6-13-11(12)4-2-8-17(13)14(18)10-16-7-3-9-21(16,19)20;/h1,5-6H,2-4,7-10,15H2;1H. The van der Waals surface area contributed by atoms with Crippen molar-refractivity contribution in [2.45, 2.75) is 19.3 Å². The van der Waals surface area contributed by atoms with E-state index in [2.05, 4.69) is 0 Å². The third kappa shape index (κ3) is 3.06. The lowest BCUT2D eigenvalue weighted by molar-refractivity contribution is -0.118. The lowest BCUT2D eigenvalue weighted by atomic mass is 10.00. The number of sulfonamides is 1. The first-order chi connectivity index (χ1) is 9.99. The van der Waals surface area contributed by atoms with Gasteiger partial charge in [0.05, 0.1) is 12.3 Å². The lowest BCUT2D eigenvalue weighted by Crippen LogP contribution is -2.43. The minimum absolute atomic E-state index is 0. The molecule has 122 valence electrons. The van der Waals surface area contributed by atoms with E-state index in [4.69, 9.17) is 5.73 Å². The highest BCUT2D eigenvalue weighted by molar-refractivity contribution is 7.89. The fourth-order valence-corrected chi connectivity index (χ4v) is 4.48. The van der Waals surface area contributed by atoms with Gasteiger partial charge in [-0.1, -0.05) is 6.07 Å². The van der Waals surface area contributed by atoms with Crippen LogP contribution in [0.1, 0.15) is 18.4 Å². The van der Waals surface area contributed by atoms with E-state index in [1.54, 1.807) is 4.90 Å². The molecule has 6 nitrogen and oxygen atoms in total. The molecule has 0 bridgehead atoms. The molecule has 1 fully saturated rings. The zero-order valence-corrected chi connectivity index (χ0v) is 13.8. The van der Waals surface area contributed by atoms with Crippen molar-refractivity contribution in [3.8, 4) is 0 Å². The monoisotopic (exact) mass is 345 g/mol. The molecular weight excluding hydrogens is 326 g/mol. The number of carbonyl (C=O) groups excluding carboxylic acids is 1. The number of nitrogens with zero attached hydrogens (tertiary/aromatic N) is 2. The van der Waals surface area contributed by atoms with Crippen molar-refractivity contribution in [1.82, 2.24) is 4.31 Å². The van der Waals surface area contributed by atoms with Gasteiger partial charge < -0.3 is 10.6 Å². The first-order valence-electron chi connectivity index (χ1n) is 7.14. The van der Waals surface area contributed by atoms with Crippen molar-refractivity contribution in [2.75, 3.05) is 36.0 Å². The summed E-state index contributed by atoms with van der Waals surface area (Å²) in [6.45, 7) is 0.978. The van der Waals surface area contributed by atoms with Crippen LogP contribution in [0, 0.1) is 0 Å². The topological polar surface area (TPSA) is 83.7 Å². The highest BCUT2D eigenvalue weighted by Gasteiger charge is 2.32. The van der Waals surface area contributed by atoms with Gasteiger partial charge in [0, 0.05) is 24.5 Å². The smallest absolute Gasteiger partial charge is 0.242 e. The second kappa shape index (κ2) is 6.44. The molecule has 0 spiro atoms. The van der Waals surface area contributed by atoms with Crippen molar-refractivity contribution in [3.63, 3.8) is 0 Å². The number of rotatable bonds is 2.